The third-order valence-corrected chi connectivity index (χ3v) is 3.87. The number of thiophene rings is 1. The van der Waals surface area contributed by atoms with Gasteiger partial charge in [-0.25, -0.2) is 0 Å². The zero-order chi connectivity index (χ0) is 15.8. The van der Waals surface area contributed by atoms with Gasteiger partial charge in [0.05, 0.1) is 7.11 Å². The van der Waals surface area contributed by atoms with Gasteiger partial charge < -0.3 is 10.1 Å². The van der Waals surface area contributed by atoms with Crippen LogP contribution in [0.1, 0.15) is 10.4 Å². The van der Waals surface area contributed by atoms with Gasteiger partial charge in [0.1, 0.15) is 5.75 Å². The molecule has 2 aromatic rings. The van der Waals surface area contributed by atoms with Gasteiger partial charge in [0.2, 0.25) is 5.91 Å². The normalized spacial score (nSPS) is 10.4. The third-order valence-electron chi connectivity index (χ3n) is 2.79. The zero-order valence-corrected chi connectivity index (χ0v) is 13.7. The summed E-state index contributed by atoms with van der Waals surface area (Å²) in [5.41, 5.74) is 1.05. The lowest BCUT2D eigenvalue weighted by Crippen LogP contribution is -2.37. The maximum absolute atomic E-state index is 11.7. The van der Waals surface area contributed by atoms with E-state index in [-0.39, 0.29) is 5.91 Å². The molecule has 22 heavy (non-hydrogen) atoms. The summed E-state index contributed by atoms with van der Waals surface area (Å²) < 4.78 is 5.09. The molecular formula is C16H16N2O2S2. The summed E-state index contributed by atoms with van der Waals surface area (Å²) in [6, 6.07) is 11.5. The molecule has 0 unspecified atom stereocenters. The number of nitrogens with one attached hydrogen (secondary N) is 2. The van der Waals surface area contributed by atoms with E-state index >= 15 is 0 Å². The van der Waals surface area contributed by atoms with E-state index in [1.54, 1.807) is 24.5 Å². The molecule has 2 N–H and O–H groups in total. The number of hydrogen-bond acceptors (Lipinski definition) is 4. The Labute approximate surface area is 138 Å². The molecule has 1 aromatic carbocycles. The van der Waals surface area contributed by atoms with E-state index in [1.165, 1.54) is 6.08 Å². The quantitative estimate of drug-likeness (QED) is 0.653. The molecule has 1 amide bonds. The zero-order valence-electron chi connectivity index (χ0n) is 12.0. The van der Waals surface area contributed by atoms with Gasteiger partial charge in [-0.05, 0) is 47.4 Å². The molecule has 2 rings (SSSR count). The van der Waals surface area contributed by atoms with Gasteiger partial charge in [-0.1, -0.05) is 18.2 Å². The fourth-order valence-corrected chi connectivity index (χ4v) is 2.46. The van der Waals surface area contributed by atoms with Crippen LogP contribution < -0.4 is 15.4 Å². The second-order valence-electron chi connectivity index (χ2n) is 4.37. The third kappa shape index (κ3) is 5.31. The topological polar surface area (TPSA) is 50.4 Å². The molecule has 0 radical (unpaired) electrons. The van der Waals surface area contributed by atoms with Crippen molar-refractivity contribution in [2.24, 2.45) is 0 Å². The van der Waals surface area contributed by atoms with E-state index in [1.807, 2.05) is 41.8 Å². The molecule has 1 heterocycles. The molecule has 0 atom stereocenters. The molecule has 0 aliphatic carbocycles. The van der Waals surface area contributed by atoms with Crippen LogP contribution in [0.25, 0.3) is 6.08 Å². The number of carbonyl (C=O) groups is 1. The van der Waals surface area contributed by atoms with Crippen LogP contribution in [0.2, 0.25) is 0 Å². The van der Waals surface area contributed by atoms with Gasteiger partial charge in [0.15, 0.2) is 5.11 Å². The Hall–Kier alpha value is -2.18. The van der Waals surface area contributed by atoms with Crippen LogP contribution in [0.5, 0.6) is 5.75 Å². The van der Waals surface area contributed by atoms with Crippen LogP contribution in [-0.2, 0) is 11.3 Å². The minimum absolute atomic E-state index is 0.249. The lowest BCUT2D eigenvalue weighted by molar-refractivity contribution is -0.115. The fourth-order valence-electron chi connectivity index (χ4n) is 1.67. The van der Waals surface area contributed by atoms with Crippen molar-refractivity contribution >= 4 is 40.7 Å². The van der Waals surface area contributed by atoms with Crippen LogP contribution in [0, 0.1) is 0 Å². The van der Waals surface area contributed by atoms with Crippen molar-refractivity contribution in [2.75, 3.05) is 7.11 Å². The van der Waals surface area contributed by atoms with Crippen molar-refractivity contribution in [2.45, 2.75) is 6.54 Å². The van der Waals surface area contributed by atoms with Gasteiger partial charge in [-0.3, -0.25) is 10.1 Å². The SMILES string of the molecule is COc1ccc(CNC(=S)NC(=O)/C=C/c2cccs2)cc1. The Kier molecular flexibility index (Phi) is 6.12. The van der Waals surface area contributed by atoms with Crippen molar-refractivity contribution in [3.8, 4) is 5.75 Å². The first-order valence-electron chi connectivity index (χ1n) is 6.60. The summed E-state index contributed by atoms with van der Waals surface area (Å²) in [4.78, 5) is 12.7. The molecule has 4 nitrogen and oxygen atoms in total. The highest BCUT2D eigenvalue weighted by Crippen LogP contribution is 2.11. The highest BCUT2D eigenvalue weighted by Gasteiger charge is 2.01. The summed E-state index contributed by atoms with van der Waals surface area (Å²) in [5, 5.41) is 7.86. The summed E-state index contributed by atoms with van der Waals surface area (Å²) in [5.74, 6) is 0.555. The number of carbonyl (C=O) groups excluding carboxylic acids is 1. The predicted molar refractivity (Wildman–Crippen MR) is 93.9 cm³/mol. The van der Waals surface area contributed by atoms with Crippen LogP contribution in [0.4, 0.5) is 0 Å². The summed E-state index contributed by atoms with van der Waals surface area (Å²) in [7, 11) is 1.63. The summed E-state index contributed by atoms with van der Waals surface area (Å²) >= 11 is 6.66. The first kappa shape index (κ1) is 16.2. The molecule has 0 saturated carbocycles. The average molecular weight is 332 g/mol. The summed E-state index contributed by atoms with van der Waals surface area (Å²) in [6.07, 6.45) is 3.22. The Morgan fingerprint density at radius 2 is 2.09 bits per heavy atom. The van der Waals surface area contributed by atoms with Crippen LogP contribution in [0.3, 0.4) is 0 Å². The number of rotatable bonds is 5. The molecule has 114 valence electrons. The van der Waals surface area contributed by atoms with E-state index in [0.717, 1.165) is 16.2 Å². The Morgan fingerprint density at radius 3 is 2.73 bits per heavy atom. The Bertz CT molecular complexity index is 649. The first-order valence-corrected chi connectivity index (χ1v) is 7.89. The molecule has 0 fully saturated rings. The van der Waals surface area contributed by atoms with Gasteiger partial charge in [0, 0.05) is 17.5 Å². The molecular weight excluding hydrogens is 316 g/mol. The van der Waals surface area contributed by atoms with Crippen LogP contribution >= 0.6 is 23.6 Å². The van der Waals surface area contributed by atoms with Crippen molar-refractivity contribution in [1.29, 1.82) is 0 Å². The molecule has 0 saturated heterocycles. The second-order valence-corrected chi connectivity index (χ2v) is 5.76. The second kappa shape index (κ2) is 8.31. The Morgan fingerprint density at radius 1 is 1.32 bits per heavy atom. The van der Waals surface area contributed by atoms with E-state index in [9.17, 15) is 4.79 Å². The molecule has 1 aromatic heterocycles. The van der Waals surface area contributed by atoms with Crippen molar-refractivity contribution in [3.05, 3.63) is 58.3 Å². The number of amides is 1. The standard InChI is InChI=1S/C16H16N2O2S2/c1-20-13-6-4-12(5-7-13)11-17-16(21)18-15(19)9-8-14-3-2-10-22-14/h2-10H,11H2,1H3,(H2,17,18,19,21)/b9-8+. The highest BCUT2D eigenvalue weighted by molar-refractivity contribution is 7.80. The first-order chi connectivity index (χ1) is 10.7. The van der Waals surface area contributed by atoms with E-state index in [4.69, 9.17) is 17.0 Å². The summed E-state index contributed by atoms with van der Waals surface area (Å²) in [6.45, 7) is 0.539. The van der Waals surface area contributed by atoms with Gasteiger partial charge in [0.25, 0.3) is 0 Å². The van der Waals surface area contributed by atoms with E-state index < -0.39 is 0 Å². The monoisotopic (exact) mass is 332 g/mol. The number of methoxy groups -OCH3 is 1. The van der Waals surface area contributed by atoms with Crippen molar-refractivity contribution in [3.63, 3.8) is 0 Å². The van der Waals surface area contributed by atoms with Crippen molar-refractivity contribution in [1.82, 2.24) is 10.6 Å². The van der Waals surface area contributed by atoms with Gasteiger partial charge >= 0.3 is 0 Å². The van der Waals surface area contributed by atoms with Crippen LogP contribution in [0.15, 0.2) is 47.9 Å². The highest BCUT2D eigenvalue weighted by atomic mass is 32.1. The minimum Gasteiger partial charge on any atom is -0.497 e. The number of ether oxygens (including phenoxy) is 1. The number of thiocarbonyl (C=S) groups is 1. The van der Waals surface area contributed by atoms with E-state index in [0.29, 0.717) is 11.7 Å². The molecule has 0 spiro atoms. The van der Waals surface area contributed by atoms with E-state index in [2.05, 4.69) is 10.6 Å². The molecule has 6 heteroatoms. The fraction of sp³-hybridized carbons (Fsp3) is 0.125. The van der Waals surface area contributed by atoms with Gasteiger partial charge in [-0.2, -0.15) is 0 Å². The Balaban J connectivity index is 1.76. The maximum Gasteiger partial charge on any atom is 0.250 e. The number of benzene rings is 1. The average Bonchev–Trinajstić information content (AvgIpc) is 3.05. The largest absolute Gasteiger partial charge is 0.497 e. The number of hydrogen-bond donors (Lipinski definition) is 2. The smallest absolute Gasteiger partial charge is 0.250 e. The maximum atomic E-state index is 11.7. The molecule has 0 aliphatic rings. The van der Waals surface area contributed by atoms with Crippen LogP contribution in [-0.4, -0.2) is 18.1 Å². The molecule has 0 bridgehead atoms. The predicted octanol–water partition coefficient (Wildman–Crippen LogP) is 2.96. The lowest BCUT2D eigenvalue weighted by atomic mass is 10.2. The van der Waals surface area contributed by atoms with Gasteiger partial charge in [-0.15, -0.1) is 11.3 Å². The minimum atomic E-state index is -0.249. The van der Waals surface area contributed by atoms with Crippen molar-refractivity contribution < 1.29 is 9.53 Å². The lowest BCUT2D eigenvalue weighted by Gasteiger charge is -2.08. The molecule has 0 aliphatic heterocycles.